The van der Waals surface area contributed by atoms with Crippen LogP contribution in [0.5, 0.6) is 0 Å². The topological polar surface area (TPSA) is 97.6 Å². The molecule has 0 unspecified atom stereocenters. The summed E-state index contributed by atoms with van der Waals surface area (Å²) < 4.78 is 16.4. The highest BCUT2D eigenvalue weighted by atomic mass is 19.1. The Hall–Kier alpha value is -3.75. The molecule has 0 fully saturated rings. The fourth-order valence-electron chi connectivity index (χ4n) is 3.92. The van der Waals surface area contributed by atoms with Crippen molar-refractivity contribution in [1.82, 2.24) is 24.3 Å². The molecule has 1 aliphatic heterocycles. The number of halogens is 1. The van der Waals surface area contributed by atoms with Crippen LogP contribution in [0.2, 0.25) is 0 Å². The molecule has 5 rings (SSSR count). The zero-order valence-corrected chi connectivity index (χ0v) is 16.8. The molecule has 8 nitrogen and oxygen atoms in total. The number of rotatable bonds is 4. The van der Waals surface area contributed by atoms with Crippen LogP contribution >= 0.6 is 0 Å². The number of H-pyrrole nitrogens is 1. The molecule has 1 aliphatic rings. The summed E-state index contributed by atoms with van der Waals surface area (Å²) in [4.78, 5) is 32.7. The summed E-state index contributed by atoms with van der Waals surface area (Å²) in [5.74, 6) is 0.625. The van der Waals surface area contributed by atoms with Crippen molar-refractivity contribution in [3.8, 4) is 11.4 Å². The molecule has 2 aromatic carbocycles. The van der Waals surface area contributed by atoms with E-state index in [9.17, 15) is 14.0 Å². The largest absolute Gasteiger partial charge is 0.346 e. The van der Waals surface area contributed by atoms with Gasteiger partial charge in [0.05, 0.1) is 11.0 Å². The highest BCUT2D eigenvalue weighted by molar-refractivity contribution is 5.93. The highest BCUT2D eigenvalue weighted by Gasteiger charge is 2.17. The molecule has 0 atom stereocenters. The molecule has 0 saturated heterocycles. The van der Waals surface area contributed by atoms with Crippen molar-refractivity contribution in [3.05, 3.63) is 64.6 Å². The first-order chi connectivity index (χ1) is 15.1. The van der Waals surface area contributed by atoms with Crippen LogP contribution in [0.15, 0.2) is 47.3 Å². The average molecular weight is 420 g/mol. The summed E-state index contributed by atoms with van der Waals surface area (Å²) >= 11 is 0. The molecule has 31 heavy (non-hydrogen) atoms. The van der Waals surface area contributed by atoms with Gasteiger partial charge in [0.15, 0.2) is 0 Å². The molecule has 4 aromatic rings. The van der Waals surface area contributed by atoms with Crippen LogP contribution in [0, 0.1) is 5.82 Å². The summed E-state index contributed by atoms with van der Waals surface area (Å²) in [5, 5.41) is 7.15. The third kappa shape index (κ3) is 3.86. The number of aryl methyl sites for hydroxylation is 1. The Labute approximate surface area is 176 Å². The first kappa shape index (κ1) is 19.2. The van der Waals surface area contributed by atoms with E-state index in [1.54, 1.807) is 34.9 Å². The van der Waals surface area contributed by atoms with E-state index in [0.717, 1.165) is 31.5 Å². The molecule has 3 heterocycles. The van der Waals surface area contributed by atoms with E-state index >= 15 is 0 Å². The summed E-state index contributed by atoms with van der Waals surface area (Å²) in [6.07, 6.45) is 3.80. The first-order valence-electron chi connectivity index (χ1n) is 10.3. The second-order valence-electron chi connectivity index (χ2n) is 7.69. The number of hydrogen-bond acceptors (Lipinski definition) is 4. The first-order valence-corrected chi connectivity index (χ1v) is 10.3. The van der Waals surface area contributed by atoms with Crippen molar-refractivity contribution in [3.63, 3.8) is 0 Å². The molecular formula is C22H21FN6O2. The fraction of sp³-hybridized carbons (Fsp3) is 0.273. The number of aromatic nitrogens is 5. The van der Waals surface area contributed by atoms with Crippen LogP contribution in [0.1, 0.15) is 25.1 Å². The molecule has 0 bridgehead atoms. The second kappa shape index (κ2) is 7.82. The Morgan fingerprint density at radius 2 is 2.06 bits per heavy atom. The maximum Gasteiger partial charge on any atom is 0.346 e. The van der Waals surface area contributed by atoms with Crippen molar-refractivity contribution in [2.75, 3.05) is 5.32 Å². The van der Waals surface area contributed by atoms with Gasteiger partial charge >= 0.3 is 5.69 Å². The highest BCUT2D eigenvalue weighted by Crippen LogP contribution is 2.23. The van der Waals surface area contributed by atoms with Crippen LogP contribution in [0.4, 0.5) is 10.1 Å². The third-order valence-corrected chi connectivity index (χ3v) is 5.44. The van der Waals surface area contributed by atoms with Crippen LogP contribution in [-0.4, -0.2) is 30.2 Å². The lowest BCUT2D eigenvalue weighted by atomic mass is 10.2. The number of amides is 1. The standard InChI is InChI=1S/C22H21FN6O2/c23-15-6-4-5-14(11-15)21-25-17-9-8-16(12-18(17)26-21)24-20(30)13-29-22(31)28-10-3-1-2-7-19(28)27-29/h4-6,8-9,11-12H,1-3,7,10,13H2,(H,24,30)(H,25,26). The molecule has 2 N–H and O–H groups in total. The Morgan fingerprint density at radius 1 is 1.16 bits per heavy atom. The van der Waals surface area contributed by atoms with Crippen molar-refractivity contribution in [2.24, 2.45) is 0 Å². The van der Waals surface area contributed by atoms with Gasteiger partial charge in [-0.1, -0.05) is 18.6 Å². The van der Waals surface area contributed by atoms with Crippen LogP contribution < -0.4 is 11.0 Å². The van der Waals surface area contributed by atoms with E-state index < -0.39 is 0 Å². The van der Waals surface area contributed by atoms with E-state index in [1.807, 2.05) is 0 Å². The predicted molar refractivity (Wildman–Crippen MR) is 114 cm³/mol. The van der Waals surface area contributed by atoms with Gasteiger partial charge in [0.1, 0.15) is 24.0 Å². The quantitative estimate of drug-likeness (QED) is 0.530. The van der Waals surface area contributed by atoms with E-state index in [1.165, 1.54) is 16.8 Å². The predicted octanol–water partition coefficient (Wildman–Crippen LogP) is 3.09. The second-order valence-corrected chi connectivity index (χ2v) is 7.69. The maximum atomic E-state index is 13.5. The number of nitrogens with zero attached hydrogens (tertiary/aromatic N) is 4. The van der Waals surface area contributed by atoms with Crippen molar-refractivity contribution < 1.29 is 9.18 Å². The molecule has 0 spiro atoms. The Kier molecular flexibility index (Phi) is 4.85. The molecular weight excluding hydrogens is 399 g/mol. The number of benzene rings is 2. The number of fused-ring (bicyclic) bond motifs is 2. The molecule has 0 aliphatic carbocycles. The molecule has 9 heteroatoms. The lowest BCUT2D eigenvalue weighted by Gasteiger charge is -2.05. The van der Waals surface area contributed by atoms with Gasteiger partial charge in [-0.2, -0.15) is 5.10 Å². The fourth-order valence-corrected chi connectivity index (χ4v) is 3.92. The molecule has 158 valence electrons. The summed E-state index contributed by atoms with van der Waals surface area (Å²) in [6, 6.07) is 11.5. The number of carbonyl (C=O) groups is 1. The monoisotopic (exact) mass is 420 g/mol. The minimum absolute atomic E-state index is 0.144. The van der Waals surface area contributed by atoms with Crippen molar-refractivity contribution >= 4 is 22.6 Å². The summed E-state index contributed by atoms with van der Waals surface area (Å²) in [5.41, 5.74) is 2.38. The number of hydrogen-bond donors (Lipinski definition) is 2. The number of carbonyl (C=O) groups excluding carboxylic acids is 1. The van der Waals surface area contributed by atoms with E-state index in [-0.39, 0.29) is 24.0 Å². The Morgan fingerprint density at radius 3 is 2.94 bits per heavy atom. The average Bonchev–Trinajstić information content (AvgIpc) is 3.20. The molecule has 2 aromatic heterocycles. The summed E-state index contributed by atoms with van der Waals surface area (Å²) in [6.45, 7) is 0.508. The van der Waals surface area contributed by atoms with Gasteiger partial charge in [0.2, 0.25) is 5.91 Å². The van der Waals surface area contributed by atoms with E-state index in [0.29, 0.717) is 34.7 Å². The molecule has 1 amide bonds. The minimum Gasteiger partial charge on any atom is -0.338 e. The number of nitrogens with one attached hydrogen (secondary N) is 2. The molecule has 0 saturated carbocycles. The van der Waals surface area contributed by atoms with Crippen molar-refractivity contribution in [2.45, 2.75) is 38.8 Å². The van der Waals surface area contributed by atoms with Gasteiger partial charge < -0.3 is 10.3 Å². The number of anilines is 1. The van der Waals surface area contributed by atoms with Crippen LogP contribution in [-0.2, 0) is 24.3 Å². The Bertz CT molecular complexity index is 1340. The zero-order valence-electron chi connectivity index (χ0n) is 16.8. The minimum atomic E-state index is -0.335. The van der Waals surface area contributed by atoms with E-state index in [2.05, 4.69) is 20.4 Å². The van der Waals surface area contributed by atoms with Gasteiger partial charge in [-0.25, -0.2) is 18.9 Å². The third-order valence-electron chi connectivity index (χ3n) is 5.44. The maximum absolute atomic E-state index is 13.5. The van der Waals surface area contributed by atoms with Crippen LogP contribution in [0.3, 0.4) is 0 Å². The normalized spacial score (nSPS) is 13.7. The summed E-state index contributed by atoms with van der Waals surface area (Å²) in [7, 11) is 0. The van der Waals surface area contributed by atoms with Gasteiger partial charge in [0.25, 0.3) is 0 Å². The van der Waals surface area contributed by atoms with Gasteiger partial charge in [-0.3, -0.25) is 9.36 Å². The van der Waals surface area contributed by atoms with Gasteiger partial charge in [-0.05, 0) is 43.2 Å². The van der Waals surface area contributed by atoms with Gasteiger partial charge in [0, 0.05) is 24.2 Å². The van der Waals surface area contributed by atoms with E-state index in [4.69, 9.17) is 0 Å². The number of aromatic amines is 1. The smallest absolute Gasteiger partial charge is 0.338 e. The Balaban J connectivity index is 1.33. The lowest BCUT2D eigenvalue weighted by Crippen LogP contribution is -2.30. The zero-order chi connectivity index (χ0) is 21.4. The number of imidazole rings is 1. The van der Waals surface area contributed by atoms with Gasteiger partial charge in [-0.15, -0.1) is 0 Å². The van der Waals surface area contributed by atoms with Crippen molar-refractivity contribution in [1.29, 1.82) is 0 Å². The lowest BCUT2D eigenvalue weighted by molar-refractivity contribution is -0.117. The SMILES string of the molecule is O=C(Cn1nc2n(c1=O)CCCCC2)Nc1ccc2nc(-c3cccc(F)c3)[nH]c2c1. The molecule has 0 radical (unpaired) electrons. The van der Waals surface area contributed by atoms with Crippen LogP contribution in [0.25, 0.3) is 22.4 Å².